The van der Waals surface area contributed by atoms with E-state index in [1.807, 2.05) is 38.1 Å². The molecule has 2 aliphatic rings. The molecular weight excluding hydrogens is 565 g/mol. The number of aromatic nitrogens is 4. The number of fused-ring (bicyclic) bond motifs is 3. The molecule has 1 unspecified atom stereocenters. The number of rotatable bonds is 4. The molecule has 0 spiro atoms. The zero-order valence-corrected chi connectivity index (χ0v) is 23.9. The van der Waals surface area contributed by atoms with Crippen LogP contribution in [-0.4, -0.2) is 57.1 Å². The van der Waals surface area contributed by atoms with Gasteiger partial charge in [0.15, 0.2) is 5.69 Å². The van der Waals surface area contributed by atoms with Gasteiger partial charge in [0, 0.05) is 35.2 Å². The van der Waals surface area contributed by atoms with Crippen LogP contribution >= 0.6 is 46.3 Å². The Morgan fingerprint density at radius 1 is 1.11 bits per heavy atom. The first kappa shape index (κ1) is 25.6. The van der Waals surface area contributed by atoms with E-state index in [4.69, 9.17) is 37.9 Å². The number of ether oxygens (including phenoxy) is 1. The predicted octanol–water partition coefficient (Wildman–Crippen LogP) is 6.68. The summed E-state index contributed by atoms with van der Waals surface area (Å²) in [6, 6.07) is 7.56. The van der Waals surface area contributed by atoms with Gasteiger partial charge in [0.05, 0.1) is 38.9 Å². The molecule has 1 fully saturated rings. The maximum Gasteiger partial charge on any atom is 0.355 e. The number of carboxylic acids is 1. The third kappa shape index (κ3) is 4.38. The maximum absolute atomic E-state index is 12.7. The number of aryl methyl sites for hydroxylation is 2. The van der Waals surface area contributed by atoms with Crippen molar-refractivity contribution >= 4 is 58.1 Å². The minimum atomic E-state index is -1.08. The van der Waals surface area contributed by atoms with Crippen LogP contribution in [0.5, 0.6) is 0 Å². The lowest BCUT2D eigenvalue weighted by atomic mass is 10.0. The normalized spacial score (nSPS) is 16.9. The van der Waals surface area contributed by atoms with Crippen LogP contribution in [0.15, 0.2) is 28.5 Å². The highest BCUT2D eigenvalue weighted by Gasteiger charge is 2.31. The molecular formula is C26H23Cl2N5O3S2. The average Bonchev–Trinajstić information content (AvgIpc) is 3.46. The van der Waals surface area contributed by atoms with E-state index in [-0.39, 0.29) is 10.9 Å². The number of carbonyl (C=O) groups is 1. The Bertz CT molecular complexity index is 1600. The number of hydrogen-bond donors (Lipinski definition) is 1. The quantitative estimate of drug-likeness (QED) is 0.282. The lowest BCUT2D eigenvalue weighted by molar-refractivity contribution is 0.0688. The van der Waals surface area contributed by atoms with E-state index in [1.54, 1.807) is 11.8 Å². The number of morpholine rings is 1. The molecule has 6 rings (SSSR count). The van der Waals surface area contributed by atoms with Crippen molar-refractivity contribution in [2.75, 3.05) is 31.2 Å². The number of carboxylic acid groups (broad SMARTS) is 1. The smallest absolute Gasteiger partial charge is 0.355 e. The van der Waals surface area contributed by atoms with Crippen molar-refractivity contribution in [2.24, 2.45) is 0 Å². The lowest BCUT2D eigenvalue weighted by Gasteiger charge is -2.28. The monoisotopic (exact) mass is 587 g/mol. The molecule has 0 saturated carbocycles. The second-order valence-corrected chi connectivity index (χ2v) is 12.6. The van der Waals surface area contributed by atoms with Gasteiger partial charge in [0.2, 0.25) is 5.13 Å². The molecule has 196 valence electrons. The Morgan fingerprint density at radius 3 is 2.58 bits per heavy atom. The van der Waals surface area contributed by atoms with Gasteiger partial charge in [-0.15, -0.1) is 11.8 Å². The molecule has 38 heavy (non-hydrogen) atoms. The largest absolute Gasteiger partial charge is 0.476 e. The molecule has 0 radical (unpaired) electrons. The van der Waals surface area contributed by atoms with Crippen molar-refractivity contribution in [3.05, 3.63) is 57.0 Å². The molecule has 12 heteroatoms. The number of hydrogen-bond acceptors (Lipinski definition) is 8. The first-order valence-electron chi connectivity index (χ1n) is 12.0. The van der Waals surface area contributed by atoms with E-state index in [1.165, 1.54) is 16.0 Å². The summed E-state index contributed by atoms with van der Waals surface area (Å²) in [5.41, 5.74) is 5.51. The fourth-order valence-corrected chi connectivity index (χ4v) is 7.79. The fraction of sp³-hybridized carbons (Fsp3) is 0.308. The summed E-state index contributed by atoms with van der Waals surface area (Å²) in [5.74, 6) is -0.276. The number of thioether (sulfide) groups is 1. The van der Waals surface area contributed by atoms with Crippen molar-refractivity contribution in [1.82, 2.24) is 19.7 Å². The number of anilines is 1. The second-order valence-electron chi connectivity index (χ2n) is 9.23. The molecule has 0 bridgehead atoms. The van der Waals surface area contributed by atoms with Crippen LogP contribution in [0, 0.1) is 13.8 Å². The standard InChI is InChI=1S/C26H23Cl2N5O3S2/c1-12-8-15(9-20(29-12)32-4-6-36-7-5-32)21-13(2)31-33(23(21)24(34)35)26-30-22-17-11-19(28)18(27)10-16(17)14(3)37-25(22)38-26/h8-11,14H,4-7H2,1-3H3,(H,34,35). The Morgan fingerprint density at radius 2 is 1.84 bits per heavy atom. The molecule has 0 amide bonds. The average molecular weight is 589 g/mol. The number of benzene rings is 1. The van der Waals surface area contributed by atoms with Gasteiger partial charge in [0.1, 0.15) is 5.82 Å². The van der Waals surface area contributed by atoms with Gasteiger partial charge >= 0.3 is 5.97 Å². The molecule has 1 aromatic carbocycles. The number of nitrogens with zero attached hydrogens (tertiary/aromatic N) is 5. The van der Waals surface area contributed by atoms with Crippen LogP contribution < -0.4 is 4.90 Å². The Kier molecular flexibility index (Phi) is 6.64. The van der Waals surface area contributed by atoms with Gasteiger partial charge in [-0.1, -0.05) is 34.5 Å². The van der Waals surface area contributed by atoms with Gasteiger partial charge < -0.3 is 14.7 Å². The Hall–Kier alpha value is -2.63. The number of thiazole rings is 1. The fourth-order valence-electron chi connectivity index (χ4n) is 4.92. The van der Waals surface area contributed by atoms with Crippen LogP contribution in [0.2, 0.25) is 10.0 Å². The Labute approximate surface area is 237 Å². The first-order valence-corrected chi connectivity index (χ1v) is 14.5. The summed E-state index contributed by atoms with van der Waals surface area (Å²) >= 11 is 15.7. The van der Waals surface area contributed by atoms with Crippen LogP contribution in [0.1, 0.15) is 39.6 Å². The summed E-state index contributed by atoms with van der Waals surface area (Å²) in [5, 5.41) is 16.6. The van der Waals surface area contributed by atoms with Gasteiger partial charge in [0.25, 0.3) is 0 Å². The van der Waals surface area contributed by atoms with E-state index in [2.05, 4.69) is 16.9 Å². The zero-order valence-electron chi connectivity index (χ0n) is 20.8. The van der Waals surface area contributed by atoms with Crippen molar-refractivity contribution in [3.8, 4) is 27.5 Å². The lowest BCUT2D eigenvalue weighted by Crippen LogP contribution is -2.36. The first-order chi connectivity index (χ1) is 18.2. The topological polar surface area (TPSA) is 93.4 Å². The van der Waals surface area contributed by atoms with Crippen molar-refractivity contribution in [2.45, 2.75) is 30.2 Å². The van der Waals surface area contributed by atoms with Gasteiger partial charge in [-0.3, -0.25) is 0 Å². The number of aromatic carboxylic acids is 1. The van der Waals surface area contributed by atoms with Crippen molar-refractivity contribution in [1.29, 1.82) is 0 Å². The molecule has 1 N–H and O–H groups in total. The third-order valence-corrected chi connectivity index (χ3v) is 9.76. The van der Waals surface area contributed by atoms with Gasteiger partial charge in [-0.2, -0.15) is 9.78 Å². The van der Waals surface area contributed by atoms with E-state index in [0.29, 0.717) is 39.6 Å². The Balaban J connectivity index is 1.48. The summed E-state index contributed by atoms with van der Waals surface area (Å²) in [4.78, 5) is 24.4. The van der Waals surface area contributed by atoms with Gasteiger partial charge in [-0.25, -0.2) is 14.8 Å². The minimum Gasteiger partial charge on any atom is -0.476 e. The van der Waals surface area contributed by atoms with Crippen molar-refractivity contribution < 1.29 is 14.6 Å². The molecule has 1 saturated heterocycles. The summed E-state index contributed by atoms with van der Waals surface area (Å²) in [6.07, 6.45) is 0. The number of halogens is 2. The van der Waals surface area contributed by atoms with Crippen molar-refractivity contribution in [3.63, 3.8) is 0 Å². The third-order valence-electron chi connectivity index (χ3n) is 6.66. The maximum atomic E-state index is 12.7. The molecule has 5 heterocycles. The highest BCUT2D eigenvalue weighted by Crippen LogP contribution is 2.53. The van der Waals surface area contributed by atoms with Crippen LogP contribution in [0.4, 0.5) is 5.82 Å². The van der Waals surface area contributed by atoms with Gasteiger partial charge in [-0.05, 0) is 56.2 Å². The van der Waals surface area contributed by atoms with E-state index < -0.39 is 5.97 Å². The summed E-state index contributed by atoms with van der Waals surface area (Å²) < 4.78 is 7.91. The van der Waals surface area contributed by atoms with E-state index in [9.17, 15) is 9.90 Å². The highest BCUT2D eigenvalue weighted by atomic mass is 35.5. The second kappa shape index (κ2) is 9.84. The molecule has 2 aliphatic heterocycles. The van der Waals surface area contributed by atoms with Crippen LogP contribution in [0.3, 0.4) is 0 Å². The number of pyridine rings is 1. The SMILES string of the molecule is Cc1cc(-c2c(C)nn(-c3nc4c(s3)SC(C)c3cc(Cl)c(Cl)cc3-4)c2C(=O)O)cc(N2CCOCC2)n1. The molecule has 1 atom stereocenters. The van der Waals surface area contributed by atoms with E-state index >= 15 is 0 Å². The molecule has 8 nitrogen and oxygen atoms in total. The highest BCUT2D eigenvalue weighted by molar-refractivity contribution is 8.01. The van der Waals surface area contributed by atoms with Crippen LogP contribution in [-0.2, 0) is 4.74 Å². The van der Waals surface area contributed by atoms with E-state index in [0.717, 1.165) is 51.2 Å². The molecule has 3 aromatic heterocycles. The summed E-state index contributed by atoms with van der Waals surface area (Å²) in [6.45, 7) is 8.57. The summed E-state index contributed by atoms with van der Waals surface area (Å²) in [7, 11) is 0. The van der Waals surface area contributed by atoms with Crippen LogP contribution in [0.25, 0.3) is 27.5 Å². The predicted molar refractivity (Wildman–Crippen MR) is 152 cm³/mol. The molecule has 4 aromatic rings. The molecule has 0 aliphatic carbocycles. The minimum absolute atomic E-state index is 0.0690. The zero-order chi connectivity index (χ0) is 26.7.